The Labute approximate surface area is 730 Å². The predicted molar refractivity (Wildman–Crippen MR) is 522 cm³/mol. The molecular formula is C115H76N12. The molecule has 0 bridgehead atoms. The van der Waals surface area contributed by atoms with Crippen LogP contribution in [0.25, 0.3) is 206 Å². The van der Waals surface area contributed by atoms with Gasteiger partial charge in [0.2, 0.25) is 0 Å². The van der Waals surface area contributed by atoms with Crippen molar-refractivity contribution in [3.05, 3.63) is 460 Å². The number of rotatable bonds is 11. The van der Waals surface area contributed by atoms with Crippen LogP contribution in [0.3, 0.4) is 0 Å². The fraction of sp³-hybridized carbons (Fsp3) is 0.0174. The molecule has 24 aromatic rings. The lowest BCUT2D eigenvalue weighted by Gasteiger charge is -2.27. The number of benzene rings is 12. The van der Waals surface area contributed by atoms with Gasteiger partial charge in [-0.1, -0.05) is 231 Å². The highest BCUT2D eigenvalue weighted by molar-refractivity contribution is 6.13. The molecule has 1 atom stereocenters. The van der Waals surface area contributed by atoms with Crippen molar-refractivity contribution >= 4 is 121 Å². The quantitative estimate of drug-likeness (QED) is 0.127. The van der Waals surface area contributed by atoms with Gasteiger partial charge in [0.05, 0.1) is 94.8 Å². The number of hydrogen-bond acceptors (Lipinski definition) is 7. The molecule has 0 N–H and O–H groups in total. The number of fused-ring (bicyclic) bond motifs is 18. The largest absolute Gasteiger partial charge is 0.309 e. The van der Waals surface area contributed by atoms with Crippen LogP contribution in [-0.2, 0) is 0 Å². The fourth-order valence-corrected chi connectivity index (χ4v) is 19.3. The Kier molecular flexibility index (Phi) is 18.1. The van der Waals surface area contributed by atoms with Crippen molar-refractivity contribution < 1.29 is 0 Å². The van der Waals surface area contributed by atoms with E-state index in [9.17, 15) is 0 Å². The topological polar surface area (TPSA) is 115 Å². The first-order valence-corrected chi connectivity index (χ1v) is 43.0. The van der Waals surface area contributed by atoms with E-state index in [-0.39, 0.29) is 0 Å². The SMILES string of the molecule is C1=Cc2ccccc2C2CC=C(c3cccc(-c4cccc(-n5c6ccccc6c6ncccc65)c4)n3)C=C12.c1cc(-c2ccc(-n3c4ccccc4c4cnccc43)cc2)nc(-c2ccc(-n3c4ccccc4c4cnccc43)cc2)c1.c1cc(-c2cccc(-c3ccc(-n4c5ccccc5c5cnccc54)cc3)n2)cc(-n2c3ccccc3c3ccccc32)c1. The van der Waals surface area contributed by atoms with Gasteiger partial charge >= 0.3 is 0 Å². The highest BCUT2D eigenvalue weighted by atomic mass is 15.0. The van der Waals surface area contributed by atoms with E-state index in [1.165, 1.54) is 76.8 Å². The van der Waals surface area contributed by atoms with Gasteiger partial charge in [0.1, 0.15) is 0 Å². The minimum Gasteiger partial charge on any atom is -0.309 e. The van der Waals surface area contributed by atoms with Gasteiger partial charge in [-0.25, -0.2) is 15.0 Å². The van der Waals surface area contributed by atoms with E-state index in [2.05, 4.69) is 432 Å². The summed E-state index contributed by atoms with van der Waals surface area (Å²) in [5.41, 5.74) is 34.7. The van der Waals surface area contributed by atoms with Crippen LogP contribution in [0.5, 0.6) is 0 Å². The molecule has 0 amide bonds. The second kappa shape index (κ2) is 31.1. The second-order valence-electron chi connectivity index (χ2n) is 32.3. The van der Waals surface area contributed by atoms with E-state index < -0.39 is 0 Å². The van der Waals surface area contributed by atoms with Crippen LogP contribution in [-0.4, -0.2) is 57.7 Å². The van der Waals surface area contributed by atoms with Crippen molar-refractivity contribution in [2.45, 2.75) is 12.3 Å². The zero-order chi connectivity index (χ0) is 83.8. The molecule has 12 heterocycles. The zero-order valence-electron chi connectivity index (χ0n) is 68.8. The third-order valence-corrected chi connectivity index (χ3v) is 25.2. The summed E-state index contributed by atoms with van der Waals surface area (Å²) in [5, 5.41) is 10.8. The lowest BCUT2D eigenvalue weighted by molar-refractivity contribution is 0.813. The molecule has 0 saturated carbocycles. The number of pyridine rings is 7. The molecule has 127 heavy (non-hydrogen) atoms. The van der Waals surface area contributed by atoms with E-state index >= 15 is 0 Å². The highest BCUT2D eigenvalue weighted by Crippen LogP contribution is 2.44. The maximum Gasteiger partial charge on any atom is 0.0963 e. The molecule has 0 fully saturated rings. The molecule has 12 aromatic heterocycles. The normalized spacial score (nSPS) is 13.0. The van der Waals surface area contributed by atoms with Gasteiger partial charge in [0.25, 0.3) is 0 Å². The van der Waals surface area contributed by atoms with Gasteiger partial charge < -0.3 is 22.8 Å². The molecule has 12 nitrogen and oxygen atoms in total. The molecule has 0 radical (unpaired) electrons. The monoisotopic (exact) mass is 1620 g/mol. The molecular weight excluding hydrogens is 1550 g/mol. The molecule has 2 aliphatic rings. The molecule has 2 aliphatic carbocycles. The Morgan fingerprint density at radius 2 is 0.575 bits per heavy atom. The van der Waals surface area contributed by atoms with E-state index in [0.717, 1.165) is 151 Å². The highest BCUT2D eigenvalue weighted by Gasteiger charge is 2.26. The zero-order valence-corrected chi connectivity index (χ0v) is 68.8. The number of para-hydroxylation sites is 6. The lowest BCUT2D eigenvalue weighted by Crippen LogP contribution is -2.09. The Morgan fingerprint density at radius 1 is 0.236 bits per heavy atom. The minimum atomic E-state index is 0.426. The third-order valence-electron chi connectivity index (χ3n) is 25.2. The summed E-state index contributed by atoms with van der Waals surface area (Å²) >= 11 is 0. The summed E-state index contributed by atoms with van der Waals surface area (Å²) in [6.45, 7) is 0. The second-order valence-corrected chi connectivity index (χ2v) is 32.3. The number of aromatic nitrogens is 12. The van der Waals surface area contributed by atoms with Crippen LogP contribution in [0.4, 0.5) is 0 Å². The molecule has 0 aliphatic heterocycles. The molecule has 0 spiro atoms. The number of nitrogens with zero attached hydrogens (tertiary/aromatic N) is 12. The fourth-order valence-electron chi connectivity index (χ4n) is 19.3. The molecule has 26 rings (SSSR count). The van der Waals surface area contributed by atoms with E-state index in [0.29, 0.717) is 5.92 Å². The van der Waals surface area contributed by atoms with Gasteiger partial charge in [0, 0.05) is 154 Å². The van der Waals surface area contributed by atoms with Crippen molar-refractivity contribution in [2.75, 3.05) is 0 Å². The predicted octanol–water partition coefficient (Wildman–Crippen LogP) is 28.2. The molecule has 12 aromatic carbocycles. The van der Waals surface area contributed by atoms with E-state index in [1.54, 1.807) is 0 Å². The average molecular weight is 1630 g/mol. The Bertz CT molecular complexity index is 8130. The summed E-state index contributed by atoms with van der Waals surface area (Å²) in [6, 6.07) is 132. The van der Waals surface area contributed by atoms with E-state index in [1.807, 2.05) is 49.4 Å². The van der Waals surface area contributed by atoms with Crippen molar-refractivity contribution in [3.8, 4) is 84.7 Å². The Balaban J connectivity index is 0.000000107. The van der Waals surface area contributed by atoms with Gasteiger partial charge in [-0.15, -0.1) is 0 Å². The lowest BCUT2D eigenvalue weighted by atomic mass is 9.77. The summed E-state index contributed by atoms with van der Waals surface area (Å²) in [7, 11) is 0. The van der Waals surface area contributed by atoms with Crippen molar-refractivity contribution in [2.24, 2.45) is 0 Å². The maximum atomic E-state index is 5.14. The summed E-state index contributed by atoms with van der Waals surface area (Å²) in [5.74, 6) is 0.426. The standard InChI is InChI=1S/C40H26N4.C39H25N5.C36H25N3/c1-4-16-37-31(11-1)32-12-2-5-17-38(32)44(37)30-10-7-9-28(25-30)36-15-8-14-35(42-36)27-19-21-29(22-20-27)43-39-18-6-3-13-33(39)34-26-41-24-23-40(34)43;1-3-10-36-30(6-1)32-24-40-22-20-38(32)43(36)28-16-12-26(13-17-28)34-8-5-9-35(42-34)27-14-18-29(19-15-27)44-37-11-4-2-7-31(37)33-25-41-23-21-39(33)44;1-2-11-29-24(8-1)17-18-25-22-27(19-20-30(25)29)33-14-6-13-32(38-33)26-9-5-10-28(23-26)39-34-15-4-3-12-31(34)36-35(39)16-7-21-37-36/h1-26H;1-25H;1-19,21-23,30H,20H2. The van der Waals surface area contributed by atoms with Gasteiger partial charge in [-0.05, 0) is 199 Å². The summed E-state index contributed by atoms with van der Waals surface area (Å²) in [6.07, 6.45) is 23.4. The minimum absolute atomic E-state index is 0.426. The summed E-state index contributed by atoms with van der Waals surface area (Å²) in [4.78, 5) is 33.2. The van der Waals surface area contributed by atoms with Crippen LogP contribution in [0.2, 0.25) is 0 Å². The third kappa shape index (κ3) is 13.0. The van der Waals surface area contributed by atoms with Crippen molar-refractivity contribution in [1.29, 1.82) is 0 Å². The van der Waals surface area contributed by atoms with Crippen LogP contribution in [0.15, 0.2) is 443 Å². The molecule has 12 heteroatoms. The van der Waals surface area contributed by atoms with Gasteiger partial charge in [-0.3, -0.25) is 19.9 Å². The molecule has 0 saturated heterocycles. The van der Waals surface area contributed by atoms with Crippen molar-refractivity contribution in [1.82, 2.24) is 57.7 Å². The van der Waals surface area contributed by atoms with Crippen LogP contribution in [0.1, 0.15) is 29.2 Å². The Morgan fingerprint density at radius 3 is 1.02 bits per heavy atom. The number of hydrogen-bond donors (Lipinski definition) is 0. The first-order chi connectivity index (χ1) is 63.0. The number of allylic oxidation sites excluding steroid dienone is 5. The molecule has 596 valence electrons. The smallest absolute Gasteiger partial charge is 0.0963 e. The van der Waals surface area contributed by atoms with Crippen LogP contribution < -0.4 is 0 Å². The van der Waals surface area contributed by atoms with Crippen LogP contribution in [0, 0.1) is 0 Å². The van der Waals surface area contributed by atoms with Crippen molar-refractivity contribution in [3.63, 3.8) is 0 Å². The molecule has 1 unspecified atom stereocenters. The first kappa shape index (κ1) is 73.8. The van der Waals surface area contributed by atoms with E-state index in [4.69, 9.17) is 19.9 Å². The first-order valence-electron chi connectivity index (χ1n) is 43.0. The summed E-state index contributed by atoms with van der Waals surface area (Å²) < 4.78 is 11.6. The van der Waals surface area contributed by atoms with Crippen LogP contribution >= 0.6 is 0 Å². The van der Waals surface area contributed by atoms with Gasteiger partial charge in [0.15, 0.2) is 0 Å². The average Bonchev–Trinajstić information content (AvgIpc) is 1.62. The Hall–Kier alpha value is -17.1. The van der Waals surface area contributed by atoms with Gasteiger partial charge in [-0.2, -0.15) is 0 Å². The maximum absolute atomic E-state index is 5.14.